The fourth-order valence-corrected chi connectivity index (χ4v) is 1.75. The van der Waals surface area contributed by atoms with Crippen LogP contribution >= 0.6 is 15.9 Å². The molecule has 1 aromatic rings. The van der Waals surface area contributed by atoms with E-state index in [2.05, 4.69) is 15.9 Å². The van der Waals surface area contributed by atoms with Crippen molar-refractivity contribution in [2.75, 3.05) is 6.61 Å². The number of rotatable bonds is 4. The average molecular weight is 311 g/mol. The van der Waals surface area contributed by atoms with Crippen molar-refractivity contribution in [1.29, 1.82) is 0 Å². The molecule has 6 heteroatoms. The SMILES string of the molecule is CCOC(=O)C(Br)Cc1cc(F)c(F)c(F)c1. The summed E-state index contributed by atoms with van der Waals surface area (Å²) >= 11 is 3.04. The first-order valence-electron chi connectivity index (χ1n) is 4.89. The number of hydrogen-bond acceptors (Lipinski definition) is 2. The molecular weight excluding hydrogens is 301 g/mol. The zero-order valence-corrected chi connectivity index (χ0v) is 10.6. The van der Waals surface area contributed by atoms with Gasteiger partial charge in [-0.15, -0.1) is 0 Å². The Hall–Kier alpha value is -1.04. The smallest absolute Gasteiger partial charge is 0.320 e. The molecule has 94 valence electrons. The number of benzene rings is 1. The first-order chi connectivity index (χ1) is 7.95. The van der Waals surface area contributed by atoms with Crippen molar-refractivity contribution in [3.8, 4) is 0 Å². The molecule has 0 bridgehead atoms. The van der Waals surface area contributed by atoms with Crippen molar-refractivity contribution in [1.82, 2.24) is 0 Å². The molecule has 2 nitrogen and oxygen atoms in total. The van der Waals surface area contributed by atoms with Crippen molar-refractivity contribution >= 4 is 21.9 Å². The maximum atomic E-state index is 12.9. The Morgan fingerprint density at radius 1 is 1.35 bits per heavy atom. The Morgan fingerprint density at radius 2 is 1.88 bits per heavy atom. The number of alkyl halides is 1. The molecule has 0 aromatic heterocycles. The topological polar surface area (TPSA) is 26.3 Å². The van der Waals surface area contributed by atoms with Crippen molar-refractivity contribution in [2.45, 2.75) is 18.2 Å². The lowest BCUT2D eigenvalue weighted by molar-refractivity contribution is -0.142. The van der Waals surface area contributed by atoms with E-state index in [1.54, 1.807) is 6.92 Å². The Balaban J connectivity index is 2.78. The van der Waals surface area contributed by atoms with Gasteiger partial charge in [-0.25, -0.2) is 13.2 Å². The van der Waals surface area contributed by atoms with E-state index in [1.807, 2.05) is 0 Å². The standard InChI is InChI=1S/C11H10BrF3O2/c1-2-17-11(16)7(12)3-6-4-8(13)10(15)9(14)5-6/h4-5,7H,2-3H2,1H3. The normalized spacial score (nSPS) is 12.3. The number of esters is 1. The second kappa shape index (κ2) is 6.05. The van der Waals surface area contributed by atoms with Gasteiger partial charge in [0.05, 0.1) is 6.61 Å². The largest absolute Gasteiger partial charge is 0.465 e. The van der Waals surface area contributed by atoms with Crippen molar-refractivity contribution in [3.63, 3.8) is 0 Å². The lowest BCUT2D eigenvalue weighted by atomic mass is 10.1. The van der Waals surface area contributed by atoms with Crippen LogP contribution in [0.25, 0.3) is 0 Å². The van der Waals surface area contributed by atoms with Crippen LogP contribution in [0, 0.1) is 17.5 Å². The summed E-state index contributed by atoms with van der Waals surface area (Å²) in [6.07, 6.45) is 0.0208. The maximum Gasteiger partial charge on any atom is 0.320 e. The minimum atomic E-state index is -1.52. The van der Waals surface area contributed by atoms with Crippen LogP contribution in [0.3, 0.4) is 0 Å². The molecule has 1 aromatic carbocycles. The number of hydrogen-bond donors (Lipinski definition) is 0. The van der Waals surface area contributed by atoms with Crippen LogP contribution < -0.4 is 0 Å². The third-order valence-corrected chi connectivity index (χ3v) is 2.70. The number of carbonyl (C=O) groups is 1. The molecule has 0 saturated heterocycles. The minimum Gasteiger partial charge on any atom is -0.465 e. The monoisotopic (exact) mass is 310 g/mol. The molecule has 17 heavy (non-hydrogen) atoms. The second-order valence-corrected chi connectivity index (χ2v) is 4.40. The van der Waals surface area contributed by atoms with Gasteiger partial charge in [0.25, 0.3) is 0 Å². The molecule has 1 atom stereocenters. The highest BCUT2D eigenvalue weighted by Crippen LogP contribution is 2.17. The van der Waals surface area contributed by atoms with E-state index in [-0.39, 0.29) is 18.6 Å². The summed E-state index contributed by atoms with van der Waals surface area (Å²) in [5.41, 5.74) is 0.177. The molecule has 0 saturated carbocycles. The quantitative estimate of drug-likeness (QED) is 0.485. The predicted molar refractivity (Wildman–Crippen MR) is 59.4 cm³/mol. The summed E-state index contributed by atoms with van der Waals surface area (Å²) in [5, 5.41) is 0. The van der Waals surface area contributed by atoms with Gasteiger partial charge in [0, 0.05) is 0 Å². The molecule has 0 radical (unpaired) electrons. The number of halogens is 4. The molecule has 0 heterocycles. The molecule has 0 spiro atoms. The van der Waals surface area contributed by atoms with E-state index >= 15 is 0 Å². The average Bonchev–Trinajstić information content (AvgIpc) is 2.26. The molecule has 0 fully saturated rings. The van der Waals surface area contributed by atoms with Gasteiger partial charge in [-0.3, -0.25) is 4.79 Å². The first kappa shape index (κ1) is 14.0. The van der Waals surface area contributed by atoms with E-state index in [4.69, 9.17) is 4.74 Å². The molecule has 0 amide bonds. The van der Waals surface area contributed by atoms with Gasteiger partial charge in [0.1, 0.15) is 4.83 Å². The van der Waals surface area contributed by atoms with Crippen molar-refractivity contribution in [3.05, 3.63) is 35.1 Å². The van der Waals surface area contributed by atoms with Crippen LogP contribution in [0.2, 0.25) is 0 Å². The van der Waals surface area contributed by atoms with Gasteiger partial charge in [-0.2, -0.15) is 0 Å². The van der Waals surface area contributed by atoms with E-state index in [0.29, 0.717) is 0 Å². The van der Waals surface area contributed by atoms with E-state index in [0.717, 1.165) is 12.1 Å². The van der Waals surface area contributed by atoms with Crippen LogP contribution in [0.4, 0.5) is 13.2 Å². The highest BCUT2D eigenvalue weighted by Gasteiger charge is 2.18. The van der Waals surface area contributed by atoms with Crippen molar-refractivity contribution < 1.29 is 22.7 Å². The minimum absolute atomic E-state index is 0.0208. The third kappa shape index (κ3) is 3.73. The zero-order valence-electron chi connectivity index (χ0n) is 8.97. The lowest BCUT2D eigenvalue weighted by Crippen LogP contribution is -2.20. The third-order valence-electron chi connectivity index (χ3n) is 2.00. The molecule has 0 aliphatic rings. The summed E-state index contributed by atoms with van der Waals surface area (Å²) in [5.74, 6) is -4.60. The van der Waals surface area contributed by atoms with Crippen LogP contribution in [0.5, 0.6) is 0 Å². The lowest BCUT2D eigenvalue weighted by Gasteiger charge is -2.09. The van der Waals surface area contributed by atoms with Crippen LogP contribution in [-0.4, -0.2) is 17.4 Å². The summed E-state index contributed by atoms with van der Waals surface area (Å²) in [4.78, 5) is 10.5. The van der Waals surface area contributed by atoms with E-state index < -0.39 is 28.2 Å². The molecule has 0 aliphatic heterocycles. The van der Waals surface area contributed by atoms with Gasteiger partial charge in [0.15, 0.2) is 17.5 Å². The molecule has 1 unspecified atom stereocenters. The predicted octanol–water partition coefficient (Wildman–Crippen LogP) is 2.97. The van der Waals surface area contributed by atoms with Crippen LogP contribution in [0.1, 0.15) is 12.5 Å². The fourth-order valence-electron chi connectivity index (χ4n) is 1.25. The number of carbonyl (C=O) groups excluding carboxylic acids is 1. The highest BCUT2D eigenvalue weighted by molar-refractivity contribution is 9.10. The zero-order chi connectivity index (χ0) is 13.0. The summed E-state index contributed by atoms with van der Waals surface area (Å²) in [6.45, 7) is 1.86. The van der Waals surface area contributed by atoms with Gasteiger partial charge in [0.2, 0.25) is 0 Å². The van der Waals surface area contributed by atoms with Gasteiger partial charge < -0.3 is 4.74 Å². The van der Waals surface area contributed by atoms with Crippen molar-refractivity contribution in [2.24, 2.45) is 0 Å². The van der Waals surface area contributed by atoms with Gasteiger partial charge in [-0.05, 0) is 31.0 Å². The Bertz CT molecular complexity index is 400. The summed E-state index contributed by atoms with van der Waals surface area (Å²) < 4.78 is 43.2. The molecular formula is C11H10BrF3O2. The summed E-state index contributed by atoms with van der Waals surface area (Å²) in [6, 6.07) is 1.71. The number of ether oxygens (including phenoxy) is 1. The molecule has 1 rings (SSSR count). The van der Waals surface area contributed by atoms with E-state index in [1.165, 1.54) is 0 Å². The Kier molecular flexibility index (Phi) is 4.99. The molecule has 0 aliphatic carbocycles. The van der Waals surface area contributed by atoms with Crippen LogP contribution in [-0.2, 0) is 16.0 Å². The maximum absolute atomic E-state index is 12.9. The highest BCUT2D eigenvalue weighted by atomic mass is 79.9. The fraction of sp³-hybridized carbons (Fsp3) is 0.364. The van der Waals surface area contributed by atoms with Gasteiger partial charge >= 0.3 is 5.97 Å². The second-order valence-electron chi connectivity index (χ2n) is 3.30. The first-order valence-corrected chi connectivity index (χ1v) is 5.81. The van der Waals surface area contributed by atoms with Crippen LogP contribution in [0.15, 0.2) is 12.1 Å². The molecule has 0 N–H and O–H groups in total. The van der Waals surface area contributed by atoms with E-state index in [9.17, 15) is 18.0 Å². The Labute approximate surface area is 105 Å². The summed E-state index contributed by atoms with van der Waals surface area (Å²) in [7, 11) is 0. The van der Waals surface area contributed by atoms with Gasteiger partial charge in [-0.1, -0.05) is 15.9 Å². The Morgan fingerprint density at radius 3 is 2.35 bits per heavy atom.